The lowest BCUT2D eigenvalue weighted by Crippen LogP contribution is -2.46. The Labute approximate surface area is 113 Å². The maximum absolute atomic E-state index is 12.5. The van der Waals surface area contributed by atoms with Gasteiger partial charge in [-0.3, -0.25) is 4.79 Å². The second-order valence-corrected chi connectivity index (χ2v) is 5.41. The standard InChI is InChI=1S/C14H21N3O2/c1-16(10-12-9-15-6-8-19-12)14(18)13-3-2-7-17(13)11-4-5-11/h2-3,7,11-12,15H,4-6,8-10H2,1H3. The molecule has 1 amide bonds. The van der Waals surface area contributed by atoms with Crippen molar-refractivity contribution in [1.29, 1.82) is 0 Å². The zero-order valence-electron chi connectivity index (χ0n) is 11.3. The van der Waals surface area contributed by atoms with Gasteiger partial charge >= 0.3 is 0 Å². The molecule has 5 nitrogen and oxygen atoms in total. The van der Waals surface area contributed by atoms with Crippen molar-refractivity contribution in [3.05, 3.63) is 24.0 Å². The summed E-state index contributed by atoms with van der Waals surface area (Å²) >= 11 is 0. The number of rotatable bonds is 4. The minimum atomic E-state index is 0.0890. The molecule has 1 saturated heterocycles. The highest BCUT2D eigenvalue weighted by Gasteiger charge is 2.28. The van der Waals surface area contributed by atoms with E-state index in [4.69, 9.17) is 4.74 Å². The maximum atomic E-state index is 12.5. The van der Waals surface area contributed by atoms with Crippen molar-refractivity contribution >= 4 is 5.91 Å². The summed E-state index contributed by atoms with van der Waals surface area (Å²) in [6.45, 7) is 3.09. The molecule has 19 heavy (non-hydrogen) atoms. The first-order valence-electron chi connectivity index (χ1n) is 7.00. The lowest BCUT2D eigenvalue weighted by Gasteiger charge is -2.28. The molecule has 5 heteroatoms. The van der Waals surface area contributed by atoms with Crippen LogP contribution in [-0.2, 0) is 4.74 Å². The van der Waals surface area contributed by atoms with Crippen molar-refractivity contribution in [3.63, 3.8) is 0 Å². The van der Waals surface area contributed by atoms with Crippen LogP contribution >= 0.6 is 0 Å². The van der Waals surface area contributed by atoms with E-state index in [9.17, 15) is 4.79 Å². The van der Waals surface area contributed by atoms with E-state index in [-0.39, 0.29) is 12.0 Å². The quantitative estimate of drug-likeness (QED) is 0.877. The van der Waals surface area contributed by atoms with Crippen LogP contribution in [-0.4, -0.2) is 54.8 Å². The van der Waals surface area contributed by atoms with Crippen molar-refractivity contribution in [1.82, 2.24) is 14.8 Å². The summed E-state index contributed by atoms with van der Waals surface area (Å²) in [5, 5.41) is 3.29. The van der Waals surface area contributed by atoms with Crippen LogP contribution in [0.1, 0.15) is 29.4 Å². The summed E-state index contributed by atoms with van der Waals surface area (Å²) in [5.74, 6) is 0.0890. The fourth-order valence-electron chi connectivity index (χ4n) is 2.57. The number of nitrogens with one attached hydrogen (secondary N) is 1. The Morgan fingerprint density at radius 3 is 3.11 bits per heavy atom. The summed E-state index contributed by atoms with van der Waals surface area (Å²) in [6.07, 6.45) is 4.49. The van der Waals surface area contributed by atoms with Crippen LogP contribution in [0.2, 0.25) is 0 Å². The number of aromatic nitrogens is 1. The van der Waals surface area contributed by atoms with Crippen LogP contribution in [0.5, 0.6) is 0 Å². The Kier molecular flexibility index (Phi) is 3.57. The van der Waals surface area contributed by atoms with Gasteiger partial charge in [-0.05, 0) is 25.0 Å². The van der Waals surface area contributed by atoms with Gasteiger partial charge in [0.2, 0.25) is 0 Å². The largest absolute Gasteiger partial charge is 0.374 e. The Hall–Kier alpha value is -1.33. The highest BCUT2D eigenvalue weighted by atomic mass is 16.5. The number of hydrogen-bond acceptors (Lipinski definition) is 3. The molecule has 0 bridgehead atoms. The Morgan fingerprint density at radius 1 is 1.58 bits per heavy atom. The molecule has 1 saturated carbocycles. The smallest absolute Gasteiger partial charge is 0.270 e. The van der Waals surface area contributed by atoms with Crippen molar-refractivity contribution in [2.45, 2.75) is 25.0 Å². The van der Waals surface area contributed by atoms with Gasteiger partial charge in [-0.15, -0.1) is 0 Å². The van der Waals surface area contributed by atoms with Crippen LogP contribution in [0.15, 0.2) is 18.3 Å². The lowest BCUT2D eigenvalue weighted by atomic mass is 10.2. The number of carbonyl (C=O) groups excluding carboxylic acids is 1. The van der Waals surface area contributed by atoms with E-state index >= 15 is 0 Å². The molecule has 1 aromatic heterocycles. The number of likely N-dealkylation sites (N-methyl/N-ethyl adjacent to an activating group) is 1. The topological polar surface area (TPSA) is 46.5 Å². The fraction of sp³-hybridized carbons (Fsp3) is 0.643. The molecule has 2 heterocycles. The summed E-state index contributed by atoms with van der Waals surface area (Å²) in [5.41, 5.74) is 0.800. The highest BCUT2D eigenvalue weighted by Crippen LogP contribution is 2.36. The predicted molar refractivity (Wildman–Crippen MR) is 72.3 cm³/mol. The van der Waals surface area contributed by atoms with E-state index in [1.165, 1.54) is 12.8 Å². The number of hydrogen-bond donors (Lipinski definition) is 1. The third kappa shape index (κ3) is 2.82. The molecule has 104 valence electrons. The first kappa shape index (κ1) is 12.7. The van der Waals surface area contributed by atoms with E-state index in [1.807, 2.05) is 25.4 Å². The van der Waals surface area contributed by atoms with Gasteiger partial charge in [0.15, 0.2) is 0 Å². The highest BCUT2D eigenvalue weighted by molar-refractivity contribution is 5.92. The minimum Gasteiger partial charge on any atom is -0.374 e. The zero-order valence-corrected chi connectivity index (χ0v) is 11.3. The van der Waals surface area contributed by atoms with Gasteiger partial charge in [0.1, 0.15) is 5.69 Å². The van der Waals surface area contributed by atoms with Gasteiger partial charge < -0.3 is 19.5 Å². The average Bonchev–Trinajstić information content (AvgIpc) is 3.16. The van der Waals surface area contributed by atoms with Gasteiger partial charge in [0.25, 0.3) is 5.91 Å². The molecule has 2 aliphatic rings. The zero-order chi connectivity index (χ0) is 13.2. The van der Waals surface area contributed by atoms with E-state index in [0.717, 1.165) is 25.4 Å². The number of morpholine rings is 1. The maximum Gasteiger partial charge on any atom is 0.270 e. The second-order valence-electron chi connectivity index (χ2n) is 5.41. The van der Waals surface area contributed by atoms with E-state index in [0.29, 0.717) is 12.6 Å². The van der Waals surface area contributed by atoms with Gasteiger partial charge in [-0.1, -0.05) is 0 Å². The van der Waals surface area contributed by atoms with E-state index in [1.54, 1.807) is 4.90 Å². The van der Waals surface area contributed by atoms with Gasteiger partial charge in [0.05, 0.1) is 12.7 Å². The Morgan fingerprint density at radius 2 is 2.42 bits per heavy atom. The molecule has 3 rings (SSSR count). The Balaban J connectivity index is 1.63. The SMILES string of the molecule is CN(CC1CNCCO1)C(=O)c1cccn1C1CC1. The molecule has 2 fully saturated rings. The molecule has 0 aromatic carbocycles. The van der Waals surface area contributed by atoms with Crippen molar-refractivity contribution < 1.29 is 9.53 Å². The van der Waals surface area contributed by atoms with Crippen LogP contribution < -0.4 is 5.32 Å². The minimum absolute atomic E-state index is 0.0890. The first-order chi connectivity index (χ1) is 9.25. The van der Waals surface area contributed by atoms with E-state index < -0.39 is 0 Å². The number of nitrogens with zero attached hydrogens (tertiary/aromatic N) is 2. The van der Waals surface area contributed by atoms with E-state index in [2.05, 4.69) is 9.88 Å². The fourth-order valence-corrected chi connectivity index (χ4v) is 2.57. The molecule has 1 unspecified atom stereocenters. The molecular formula is C14H21N3O2. The summed E-state index contributed by atoms with van der Waals surface area (Å²) in [7, 11) is 1.85. The van der Waals surface area contributed by atoms with Crippen LogP contribution in [0, 0.1) is 0 Å². The monoisotopic (exact) mass is 263 g/mol. The molecule has 1 aliphatic carbocycles. The molecular weight excluding hydrogens is 242 g/mol. The molecule has 1 atom stereocenters. The molecule has 1 N–H and O–H groups in total. The lowest BCUT2D eigenvalue weighted by molar-refractivity contribution is 0.0101. The molecule has 0 radical (unpaired) electrons. The number of carbonyl (C=O) groups is 1. The van der Waals surface area contributed by atoms with Crippen LogP contribution in [0.3, 0.4) is 0 Å². The Bertz CT molecular complexity index is 447. The third-order valence-corrected chi connectivity index (χ3v) is 3.77. The second kappa shape index (κ2) is 5.35. The van der Waals surface area contributed by atoms with Crippen LogP contribution in [0.25, 0.3) is 0 Å². The van der Waals surface area contributed by atoms with Crippen LogP contribution in [0.4, 0.5) is 0 Å². The molecule has 1 aromatic rings. The van der Waals surface area contributed by atoms with Crippen molar-refractivity contribution in [2.24, 2.45) is 0 Å². The normalized spacial score (nSPS) is 23.3. The van der Waals surface area contributed by atoms with Gasteiger partial charge in [-0.25, -0.2) is 0 Å². The molecule has 1 aliphatic heterocycles. The summed E-state index contributed by atoms with van der Waals surface area (Å²) < 4.78 is 7.75. The summed E-state index contributed by atoms with van der Waals surface area (Å²) in [6, 6.07) is 4.41. The predicted octanol–water partition coefficient (Wildman–Crippen LogP) is 0.883. The first-order valence-corrected chi connectivity index (χ1v) is 7.00. The number of ether oxygens (including phenoxy) is 1. The molecule has 0 spiro atoms. The third-order valence-electron chi connectivity index (χ3n) is 3.77. The number of amides is 1. The average molecular weight is 263 g/mol. The van der Waals surface area contributed by atoms with Gasteiger partial charge in [-0.2, -0.15) is 0 Å². The van der Waals surface area contributed by atoms with Crippen molar-refractivity contribution in [3.8, 4) is 0 Å². The van der Waals surface area contributed by atoms with Gasteiger partial charge in [0, 0.05) is 38.9 Å². The summed E-state index contributed by atoms with van der Waals surface area (Å²) in [4.78, 5) is 14.2. The van der Waals surface area contributed by atoms with Crippen molar-refractivity contribution in [2.75, 3.05) is 33.3 Å².